The maximum Gasteiger partial charge on any atom is 0.150 e. The van der Waals surface area contributed by atoms with Crippen LogP contribution >= 0.6 is 0 Å². The first kappa shape index (κ1) is 12.2. The zero-order valence-electron chi connectivity index (χ0n) is 11.0. The standard InChI is InChI=1S/C15H21NO/c1-11-4-6-16(7-5-11)15-9-12(2)14(10-17)8-13(15)3/h8-11H,4-7H2,1-3H3. The van der Waals surface area contributed by atoms with Crippen LogP contribution < -0.4 is 4.90 Å². The Morgan fingerprint density at radius 3 is 2.41 bits per heavy atom. The quantitative estimate of drug-likeness (QED) is 0.727. The van der Waals surface area contributed by atoms with E-state index in [1.807, 2.05) is 13.0 Å². The minimum Gasteiger partial charge on any atom is -0.371 e. The Labute approximate surface area is 104 Å². The second kappa shape index (κ2) is 4.91. The van der Waals surface area contributed by atoms with E-state index in [0.29, 0.717) is 0 Å². The zero-order valence-corrected chi connectivity index (χ0v) is 11.0. The summed E-state index contributed by atoms with van der Waals surface area (Å²) < 4.78 is 0. The fraction of sp³-hybridized carbons (Fsp3) is 0.533. The molecule has 1 aromatic carbocycles. The number of piperidine rings is 1. The second-order valence-corrected chi connectivity index (χ2v) is 5.28. The van der Waals surface area contributed by atoms with Gasteiger partial charge in [0, 0.05) is 24.3 Å². The second-order valence-electron chi connectivity index (χ2n) is 5.28. The fourth-order valence-electron chi connectivity index (χ4n) is 2.54. The predicted molar refractivity (Wildman–Crippen MR) is 71.9 cm³/mol. The molecule has 0 aromatic heterocycles. The molecular weight excluding hydrogens is 210 g/mol. The molecule has 17 heavy (non-hydrogen) atoms. The molecule has 0 amide bonds. The van der Waals surface area contributed by atoms with Crippen LogP contribution in [0, 0.1) is 19.8 Å². The highest BCUT2D eigenvalue weighted by atomic mass is 16.1. The Balaban J connectivity index is 2.26. The molecule has 0 spiro atoms. The van der Waals surface area contributed by atoms with Crippen LogP contribution in [-0.2, 0) is 0 Å². The van der Waals surface area contributed by atoms with Gasteiger partial charge < -0.3 is 4.90 Å². The van der Waals surface area contributed by atoms with Crippen molar-refractivity contribution in [2.24, 2.45) is 5.92 Å². The van der Waals surface area contributed by atoms with E-state index >= 15 is 0 Å². The average molecular weight is 231 g/mol. The number of aryl methyl sites for hydroxylation is 2. The van der Waals surface area contributed by atoms with Crippen molar-refractivity contribution in [1.82, 2.24) is 0 Å². The molecule has 1 saturated heterocycles. The van der Waals surface area contributed by atoms with Crippen molar-refractivity contribution in [3.8, 4) is 0 Å². The molecule has 1 aliphatic rings. The van der Waals surface area contributed by atoms with Gasteiger partial charge in [-0.05, 0) is 55.9 Å². The smallest absolute Gasteiger partial charge is 0.150 e. The molecule has 2 rings (SSSR count). The molecule has 1 fully saturated rings. The molecule has 0 saturated carbocycles. The number of carbonyl (C=O) groups excluding carboxylic acids is 1. The molecule has 92 valence electrons. The van der Waals surface area contributed by atoms with Gasteiger partial charge in [-0.25, -0.2) is 0 Å². The van der Waals surface area contributed by atoms with E-state index in [1.165, 1.54) is 24.1 Å². The highest BCUT2D eigenvalue weighted by Crippen LogP contribution is 2.28. The first-order chi connectivity index (χ1) is 8.11. The van der Waals surface area contributed by atoms with Crippen molar-refractivity contribution in [3.05, 3.63) is 28.8 Å². The first-order valence-corrected chi connectivity index (χ1v) is 6.43. The van der Waals surface area contributed by atoms with Crippen LogP contribution in [0.15, 0.2) is 12.1 Å². The molecule has 0 bridgehead atoms. The van der Waals surface area contributed by atoms with Gasteiger partial charge in [-0.2, -0.15) is 0 Å². The normalized spacial score (nSPS) is 17.2. The molecule has 0 atom stereocenters. The van der Waals surface area contributed by atoms with Gasteiger partial charge >= 0.3 is 0 Å². The van der Waals surface area contributed by atoms with Crippen LogP contribution in [0.4, 0.5) is 5.69 Å². The molecule has 0 radical (unpaired) electrons. The summed E-state index contributed by atoms with van der Waals surface area (Å²) >= 11 is 0. The minimum absolute atomic E-state index is 0.816. The lowest BCUT2D eigenvalue weighted by Gasteiger charge is -2.33. The summed E-state index contributed by atoms with van der Waals surface area (Å²) in [6, 6.07) is 4.17. The third-order valence-electron chi connectivity index (χ3n) is 3.84. The molecular formula is C15H21NO. The van der Waals surface area contributed by atoms with E-state index < -0.39 is 0 Å². The number of rotatable bonds is 2. The third-order valence-corrected chi connectivity index (χ3v) is 3.84. The van der Waals surface area contributed by atoms with Gasteiger partial charge in [-0.15, -0.1) is 0 Å². The van der Waals surface area contributed by atoms with Crippen LogP contribution in [0.2, 0.25) is 0 Å². The number of nitrogens with zero attached hydrogens (tertiary/aromatic N) is 1. The van der Waals surface area contributed by atoms with Gasteiger partial charge in [0.2, 0.25) is 0 Å². The number of hydrogen-bond donors (Lipinski definition) is 0. The fourth-order valence-corrected chi connectivity index (χ4v) is 2.54. The molecule has 0 unspecified atom stereocenters. The number of aldehydes is 1. The summed E-state index contributed by atoms with van der Waals surface area (Å²) in [6.45, 7) is 8.72. The molecule has 0 N–H and O–H groups in total. The highest BCUT2D eigenvalue weighted by molar-refractivity contribution is 5.79. The van der Waals surface area contributed by atoms with Gasteiger partial charge in [0.1, 0.15) is 6.29 Å². The highest BCUT2D eigenvalue weighted by Gasteiger charge is 2.18. The Hall–Kier alpha value is -1.31. The lowest BCUT2D eigenvalue weighted by atomic mass is 9.97. The van der Waals surface area contributed by atoms with Crippen LogP contribution in [0.25, 0.3) is 0 Å². The summed E-state index contributed by atoms with van der Waals surface area (Å²) in [6.07, 6.45) is 3.49. The van der Waals surface area contributed by atoms with E-state index in [1.54, 1.807) is 0 Å². The molecule has 1 aliphatic heterocycles. The SMILES string of the molecule is Cc1cc(N2CCC(C)CC2)c(C)cc1C=O. The van der Waals surface area contributed by atoms with Crippen LogP contribution in [-0.4, -0.2) is 19.4 Å². The average Bonchev–Trinajstić information content (AvgIpc) is 2.33. The van der Waals surface area contributed by atoms with Crippen molar-refractivity contribution in [3.63, 3.8) is 0 Å². The van der Waals surface area contributed by atoms with E-state index in [9.17, 15) is 4.79 Å². The van der Waals surface area contributed by atoms with E-state index in [0.717, 1.165) is 36.4 Å². The van der Waals surface area contributed by atoms with E-state index in [2.05, 4.69) is 24.8 Å². The van der Waals surface area contributed by atoms with Crippen molar-refractivity contribution >= 4 is 12.0 Å². The van der Waals surface area contributed by atoms with E-state index in [4.69, 9.17) is 0 Å². The van der Waals surface area contributed by atoms with Gasteiger partial charge in [-0.3, -0.25) is 4.79 Å². The topological polar surface area (TPSA) is 20.3 Å². The third kappa shape index (κ3) is 2.51. The van der Waals surface area contributed by atoms with Crippen molar-refractivity contribution in [1.29, 1.82) is 0 Å². The lowest BCUT2D eigenvalue weighted by molar-refractivity contribution is 0.112. The molecule has 1 heterocycles. The molecule has 2 heteroatoms. The molecule has 2 nitrogen and oxygen atoms in total. The maximum absolute atomic E-state index is 10.9. The molecule has 1 aromatic rings. The molecule has 0 aliphatic carbocycles. The van der Waals surface area contributed by atoms with Crippen molar-refractivity contribution in [2.45, 2.75) is 33.6 Å². The van der Waals surface area contributed by atoms with Gasteiger partial charge in [0.15, 0.2) is 0 Å². The Bertz CT molecular complexity index is 417. The van der Waals surface area contributed by atoms with Gasteiger partial charge in [0.25, 0.3) is 0 Å². The summed E-state index contributed by atoms with van der Waals surface area (Å²) in [7, 11) is 0. The summed E-state index contributed by atoms with van der Waals surface area (Å²) in [5, 5.41) is 0. The first-order valence-electron chi connectivity index (χ1n) is 6.43. The lowest BCUT2D eigenvalue weighted by Crippen LogP contribution is -2.33. The minimum atomic E-state index is 0.816. The zero-order chi connectivity index (χ0) is 12.4. The largest absolute Gasteiger partial charge is 0.371 e. The van der Waals surface area contributed by atoms with Crippen molar-refractivity contribution < 1.29 is 4.79 Å². The van der Waals surface area contributed by atoms with Gasteiger partial charge in [0.05, 0.1) is 0 Å². The Kier molecular flexibility index (Phi) is 3.51. The summed E-state index contributed by atoms with van der Waals surface area (Å²) in [5.41, 5.74) is 4.42. The Morgan fingerprint density at radius 1 is 1.18 bits per heavy atom. The number of benzene rings is 1. The summed E-state index contributed by atoms with van der Waals surface area (Å²) in [4.78, 5) is 13.4. The van der Waals surface area contributed by atoms with E-state index in [-0.39, 0.29) is 0 Å². The number of carbonyl (C=O) groups is 1. The predicted octanol–water partition coefficient (Wildman–Crippen LogP) is 3.35. The van der Waals surface area contributed by atoms with Crippen LogP contribution in [0.1, 0.15) is 41.3 Å². The van der Waals surface area contributed by atoms with Gasteiger partial charge in [-0.1, -0.05) is 6.92 Å². The Morgan fingerprint density at radius 2 is 1.82 bits per heavy atom. The summed E-state index contributed by atoms with van der Waals surface area (Å²) in [5.74, 6) is 0.849. The number of anilines is 1. The van der Waals surface area contributed by atoms with Crippen molar-refractivity contribution in [2.75, 3.05) is 18.0 Å². The van der Waals surface area contributed by atoms with Crippen LogP contribution in [0.5, 0.6) is 0 Å². The monoisotopic (exact) mass is 231 g/mol. The number of hydrogen-bond acceptors (Lipinski definition) is 2. The maximum atomic E-state index is 10.9. The van der Waals surface area contributed by atoms with Crippen LogP contribution in [0.3, 0.4) is 0 Å².